The molecule has 3 nitrogen and oxygen atoms in total. The second-order valence-electron chi connectivity index (χ2n) is 2.94. The van der Waals surface area contributed by atoms with E-state index < -0.39 is 0 Å². The van der Waals surface area contributed by atoms with E-state index in [9.17, 15) is 4.79 Å². The van der Waals surface area contributed by atoms with Crippen LogP contribution in [0.4, 0.5) is 0 Å². The second kappa shape index (κ2) is 7.49. The molecule has 0 saturated carbocycles. The maximum atomic E-state index is 11.1. The number of rotatable bonds is 0. The van der Waals surface area contributed by atoms with E-state index in [0.29, 0.717) is 11.1 Å². The normalized spacial score (nSPS) is 8.76. The van der Waals surface area contributed by atoms with Crippen LogP contribution in [-0.2, 0) is 0 Å². The number of hydrogen-bond acceptors (Lipinski definition) is 3. The summed E-state index contributed by atoms with van der Waals surface area (Å²) in [6, 6.07) is 6.43. The predicted molar refractivity (Wildman–Crippen MR) is 71.6 cm³/mol. The fourth-order valence-corrected chi connectivity index (χ4v) is 1.20. The largest absolute Gasteiger partial charge is 0.508 e. The first-order valence-corrected chi connectivity index (χ1v) is 5.90. The van der Waals surface area contributed by atoms with E-state index >= 15 is 0 Å². The molecule has 2 aromatic rings. The second-order valence-corrected chi connectivity index (χ2v) is 2.94. The van der Waals surface area contributed by atoms with Crippen molar-refractivity contribution in [2.45, 2.75) is 34.6 Å². The molecule has 0 spiro atoms. The van der Waals surface area contributed by atoms with Crippen LogP contribution in [0.2, 0.25) is 0 Å². The Kier molecular flexibility index (Phi) is 6.71. The summed E-state index contributed by atoms with van der Waals surface area (Å²) in [5, 5.41) is 9.94. The molecule has 1 aromatic heterocycles. The third-order valence-electron chi connectivity index (χ3n) is 1.89. The van der Waals surface area contributed by atoms with Crippen molar-refractivity contribution in [3.8, 4) is 5.75 Å². The highest BCUT2D eigenvalue weighted by atomic mass is 16.4. The molecule has 0 aliphatic heterocycles. The summed E-state index contributed by atoms with van der Waals surface area (Å²) in [5.41, 5.74) is 0.617. The first-order chi connectivity index (χ1) is 8.16. The quantitative estimate of drug-likeness (QED) is 0.706. The number of phenolic OH excluding ortho intramolecular Hbond substituents is 1. The van der Waals surface area contributed by atoms with Gasteiger partial charge in [0.1, 0.15) is 11.3 Å². The van der Waals surface area contributed by atoms with Crippen molar-refractivity contribution in [2.24, 2.45) is 0 Å². The van der Waals surface area contributed by atoms with Crippen molar-refractivity contribution in [3.05, 3.63) is 40.2 Å². The van der Waals surface area contributed by atoms with E-state index in [1.807, 2.05) is 27.7 Å². The molecule has 0 radical (unpaired) electrons. The molecule has 0 fully saturated rings. The zero-order chi connectivity index (χ0) is 13.4. The standard InChI is InChI=1S/C10H8O3.2C2H6/c1-6-4-7-2-3-8(11)5-9(7)13-10(6)12;2*1-2/h2-5,11H,1H3;2*1-2H3. The first kappa shape index (κ1) is 15.2. The fourth-order valence-electron chi connectivity index (χ4n) is 1.20. The molecule has 0 atom stereocenters. The zero-order valence-corrected chi connectivity index (χ0v) is 11.1. The lowest BCUT2D eigenvalue weighted by Gasteiger charge is -1.97. The van der Waals surface area contributed by atoms with Crippen LogP contribution in [0.5, 0.6) is 5.75 Å². The number of hydrogen-bond donors (Lipinski definition) is 1. The molecule has 1 aromatic carbocycles. The van der Waals surface area contributed by atoms with Gasteiger partial charge in [-0.1, -0.05) is 27.7 Å². The Labute approximate surface area is 102 Å². The van der Waals surface area contributed by atoms with Gasteiger partial charge in [-0.25, -0.2) is 4.79 Å². The monoisotopic (exact) mass is 236 g/mol. The third-order valence-corrected chi connectivity index (χ3v) is 1.89. The Morgan fingerprint density at radius 2 is 1.65 bits per heavy atom. The molecule has 0 saturated heterocycles. The molecule has 94 valence electrons. The van der Waals surface area contributed by atoms with Gasteiger partial charge < -0.3 is 9.52 Å². The number of phenols is 1. The molecular formula is C14H20O3. The highest BCUT2D eigenvalue weighted by Crippen LogP contribution is 2.18. The maximum Gasteiger partial charge on any atom is 0.339 e. The molecule has 3 heteroatoms. The van der Waals surface area contributed by atoms with E-state index in [1.54, 1.807) is 25.1 Å². The summed E-state index contributed by atoms with van der Waals surface area (Å²) < 4.78 is 4.96. The van der Waals surface area contributed by atoms with Gasteiger partial charge in [0.05, 0.1) is 0 Å². The fraction of sp³-hybridized carbons (Fsp3) is 0.357. The minimum Gasteiger partial charge on any atom is -0.508 e. The van der Waals surface area contributed by atoms with Gasteiger partial charge in [-0.3, -0.25) is 0 Å². The zero-order valence-electron chi connectivity index (χ0n) is 11.1. The number of aryl methyl sites for hydroxylation is 1. The van der Waals surface area contributed by atoms with Crippen LogP contribution in [0.15, 0.2) is 33.5 Å². The van der Waals surface area contributed by atoms with Crippen LogP contribution in [0, 0.1) is 6.92 Å². The van der Waals surface area contributed by atoms with Crippen LogP contribution in [-0.4, -0.2) is 5.11 Å². The Morgan fingerprint density at radius 1 is 1.06 bits per heavy atom. The van der Waals surface area contributed by atoms with Crippen LogP contribution < -0.4 is 5.63 Å². The van der Waals surface area contributed by atoms with Crippen LogP contribution in [0.3, 0.4) is 0 Å². The molecule has 0 amide bonds. The lowest BCUT2D eigenvalue weighted by atomic mass is 10.2. The van der Waals surface area contributed by atoms with Gasteiger partial charge in [0.2, 0.25) is 0 Å². The molecular weight excluding hydrogens is 216 g/mol. The molecule has 0 bridgehead atoms. The van der Waals surface area contributed by atoms with Crippen molar-refractivity contribution in [3.63, 3.8) is 0 Å². The van der Waals surface area contributed by atoms with E-state index in [4.69, 9.17) is 9.52 Å². The van der Waals surface area contributed by atoms with Crippen molar-refractivity contribution in [1.82, 2.24) is 0 Å². The summed E-state index contributed by atoms with van der Waals surface area (Å²) >= 11 is 0. The van der Waals surface area contributed by atoms with Gasteiger partial charge in [-0.15, -0.1) is 0 Å². The van der Waals surface area contributed by atoms with Gasteiger partial charge in [0.15, 0.2) is 0 Å². The van der Waals surface area contributed by atoms with Crippen molar-refractivity contribution in [1.29, 1.82) is 0 Å². The topological polar surface area (TPSA) is 50.4 Å². The SMILES string of the molecule is CC.CC.Cc1cc2ccc(O)cc2oc1=O. The smallest absolute Gasteiger partial charge is 0.339 e. The molecule has 1 N–H and O–H groups in total. The Hall–Kier alpha value is -1.77. The van der Waals surface area contributed by atoms with Crippen LogP contribution in [0.1, 0.15) is 33.3 Å². The number of fused-ring (bicyclic) bond motifs is 1. The molecule has 0 aliphatic carbocycles. The van der Waals surface area contributed by atoms with Crippen molar-refractivity contribution >= 4 is 11.0 Å². The minimum atomic E-state index is -0.363. The van der Waals surface area contributed by atoms with Gasteiger partial charge in [0.25, 0.3) is 0 Å². The van der Waals surface area contributed by atoms with E-state index in [-0.39, 0.29) is 11.4 Å². The lowest BCUT2D eigenvalue weighted by Crippen LogP contribution is -2.01. The summed E-state index contributed by atoms with van der Waals surface area (Å²) in [6.07, 6.45) is 0. The molecule has 0 aliphatic rings. The Balaban J connectivity index is 0.000000581. The van der Waals surface area contributed by atoms with Gasteiger partial charge in [0, 0.05) is 17.0 Å². The summed E-state index contributed by atoms with van der Waals surface area (Å²) in [4.78, 5) is 11.1. The predicted octanol–water partition coefficient (Wildman–Crippen LogP) is 3.86. The van der Waals surface area contributed by atoms with E-state index in [0.717, 1.165) is 5.39 Å². The van der Waals surface area contributed by atoms with E-state index in [2.05, 4.69) is 0 Å². The van der Waals surface area contributed by atoms with Gasteiger partial charge >= 0.3 is 5.63 Å². The molecule has 0 unspecified atom stereocenters. The summed E-state index contributed by atoms with van der Waals surface area (Å²) in [6.45, 7) is 9.69. The van der Waals surface area contributed by atoms with Crippen molar-refractivity contribution < 1.29 is 9.52 Å². The maximum absolute atomic E-state index is 11.1. The average molecular weight is 236 g/mol. The summed E-state index contributed by atoms with van der Waals surface area (Å²) in [7, 11) is 0. The highest BCUT2D eigenvalue weighted by Gasteiger charge is 2.01. The van der Waals surface area contributed by atoms with Crippen LogP contribution in [0.25, 0.3) is 11.0 Å². The van der Waals surface area contributed by atoms with Gasteiger partial charge in [-0.2, -0.15) is 0 Å². The summed E-state index contributed by atoms with van der Waals surface area (Å²) in [5.74, 6) is 0.0968. The molecule has 1 heterocycles. The van der Waals surface area contributed by atoms with Crippen molar-refractivity contribution in [2.75, 3.05) is 0 Å². The van der Waals surface area contributed by atoms with Crippen LogP contribution >= 0.6 is 0 Å². The third kappa shape index (κ3) is 3.94. The highest BCUT2D eigenvalue weighted by molar-refractivity contribution is 5.78. The average Bonchev–Trinajstić information content (AvgIpc) is 2.36. The number of benzene rings is 1. The first-order valence-electron chi connectivity index (χ1n) is 5.90. The van der Waals surface area contributed by atoms with Gasteiger partial charge in [-0.05, 0) is 25.1 Å². The minimum absolute atomic E-state index is 0.0968. The molecule has 17 heavy (non-hydrogen) atoms. The molecule has 2 rings (SSSR count). The Morgan fingerprint density at radius 3 is 2.24 bits per heavy atom. The van der Waals surface area contributed by atoms with E-state index in [1.165, 1.54) is 6.07 Å². The lowest BCUT2D eigenvalue weighted by molar-refractivity contribution is 0.473. The Bertz CT molecular complexity index is 512. The number of aromatic hydroxyl groups is 1.